The fraction of sp³-hybridized carbons (Fsp3) is 0.500. The fourth-order valence-corrected chi connectivity index (χ4v) is 0.786. The second kappa shape index (κ2) is 10.4. The van der Waals surface area contributed by atoms with E-state index in [4.69, 9.17) is 10.8 Å². The number of rotatable bonds is 7. The average Bonchev–Trinajstić information content (AvgIpc) is 2.35. The van der Waals surface area contributed by atoms with Crippen molar-refractivity contribution in [3.8, 4) is 0 Å². The molecule has 0 aromatic heterocycles. The van der Waals surface area contributed by atoms with Gasteiger partial charge in [-0.25, -0.2) is 0 Å². The van der Waals surface area contributed by atoms with Crippen LogP contribution in [-0.4, -0.2) is 40.4 Å². The van der Waals surface area contributed by atoms with Gasteiger partial charge >= 0.3 is 17.6 Å². The van der Waals surface area contributed by atoms with E-state index in [-0.39, 0.29) is 18.7 Å². The summed E-state index contributed by atoms with van der Waals surface area (Å²) in [5.41, 5.74) is 8.85. The molecule has 0 heterocycles. The predicted octanol–water partition coefficient (Wildman–Crippen LogP) is -1.42. The minimum absolute atomic E-state index is 0.158. The molecular formula is C10H18N4O6. The normalized spacial score (nSPS) is 10.5. The minimum Gasteiger partial charge on any atom is -0.480 e. The lowest BCUT2D eigenvalue weighted by Crippen LogP contribution is -2.32. The zero-order chi connectivity index (χ0) is 16.3. The van der Waals surface area contributed by atoms with Gasteiger partial charge in [-0.3, -0.25) is 24.5 Å². The molecule has 0 rings (SSSR count). The van der Waals surface area contributed by atoms with Crippen molar-refractivity contribution in [2.75, 3.05) is 6.54 Å². The second-order valence-electron chi connectivity index (χ2n) is 3.50. The zero-order valence-corrected chi connectivity index (χ0v) is 11.0. The Kier molecular flexibility index (Phi) is 10.4. The van der Waals surface area contributed by atoms with Crippen molar-refractivity contribution >= 4 is 17.8 Å². The molecule has 0 fully saturated rings. The van der Waals surface area contributed by atoms with Gasteiger partial charge in [0, 0.05) is 13.0 Å². The van der Waals surface area contributed by atoms with Crippen LogP contribution >= 0.6 is 0 Å². The van der Waals surface area contributed by atoms with Crippen LogP contribution in [0.5, 0.6) is 0 Å². The Morgan fingerprint density at radius 2 is 1.95 bits per heavy atom. The van der Waals surface area contributed by atoms with E-state index in [1.165, 1.54) is 0 Å². The van der Waals surface area contributed by atoms with Gasteiger partial charge in [0.15, 0.2) is 0 Å². The van der Waals surface area contributed by atoms with Gasteiger partial charge in [-0.05, 0) is 19.9 Å². The summed E-state index contributed by atoms with van der Waals surface area (Å²) in [5.74, 6) is -2.33. The number of carbonyl (C=O) groups excluding carboxylic acids is 2. The molecule has 10 heteroatoms. The summed E-state index contributed by atoms with van der Waals surface area (Å²) in [6, 6.07) is -0.937. The Morgan fingerprint density at radius 3 is 2.20 bits per heavy atom. The van der Waals surface area contributed by atoms with Crippen molar-refractivity contribution in [3.05, 3.63) is 22.4 Å². The van der Waals surface area contributed by atoms with Gasteiger partial charge in [0.05, 0.1) is 4.92 Å². The number of nitrogens with two attached hydrogens (primary N) is 2. The van der Waals surface area contributed by atoms with E-state index in [1.54, 1.807) is 6.92 Å². The Balaban J connectivity index is 0. The van der Waals surface area contributed by atoms with Gasteiger partial charge in [-0.2, -0.15) is 0 Å². The lowest BCUT2D eigenvalue weighted by Gasteiger charge is -2.05. The first kappa shape index (κ1) is 19.8. The van der Waals surface area contributed by atoms with Gasteiger partial charge < -0.3 is 21.9 Å². The number of aliphatic carboxylic acids is 1. The smallest absolute Gasteiger partial charge is 0.326 e. The Morgan fingerprint density at radius 1 is 1.45 bits per heavy atom. The first-order chi connectivity index (χ1) is 9.13. The summed E-state index contributed by atoms with van der Waals surface area (Å²) in [6.07, 6.45) is 0.350. The van der Waals surface area contributed by atoms with Crippen molar-refractivity contribution in [2.45, 2.75) is 25.8 Å². The maximum Gasteiger partial charge on any atom is 0.326 e. The second-order valence-corrected chi connectivity index (χ2v) is 3.50. The number of hydrogen-bond donors (Lipinski definition) is 4. The summed E-state index contributed by atoms with van der Waals surface area (Å²) >= 11 is 0. The van der Waals surface area contributed by atoms with Crippen LogP contribution in [0.4, 0.5) is 0 Å². The molecule has 0 bridgehead atoms. The standard InChI is InChI=1S/C7H14N2O3.C3H4N2O3/c1-2-9-6(10)4-3-5(8)7(11)12;1-2(3(4)6)5(7)8/h5H,2-4,8H2,1H3,(H,9,10)(H,11,12);1H2,(H2,4,6). The highest BCUT2D eigenvalue weighted by atomic mass is 16.6. The lowest BCUT2D eigenvalue weighted by molar-refractivity contribution is -0.418. The number of carbonyl (C=O) groups is 3. The van der Waals surface area contributed by atoms with Gasteiger partial charge in [-0.15, -0.1) is 0 Å². The molecule has 0 aliphatic heterocycles. The number of nitro groups is 1. The molecule has 0 aromatic carbocycles. The van der Waals surface area contributed by atoms with E-state index in [9.17, 15) is 24.5 Å². The van der Waals surface area contributed by atoms with E-state index in [0.29, 0.717) is 6.54 Å². The topological polar surface area (TPSA) is 179 Å². The maximum absolute atomic E-state index is 10.8. The van der Waals surface area contributed by atoms with Crippen molar-refractivity contribution in [1.82, 2.24) is 5.32 Å². The number of nitrogens with one attached hydrogen (secondary N) is 1. The summed E-state index contributed by atoms with van der Waals surface area (Å²) in [6.45, 7) is 5.14. The third-order valence-electron chi connectivity index (χ3n) is 1.88. The molecule has 0 aliphatic rings. The minimum atomic E-state index is -1.10. The molecule has 0 aliphatic carbocycles. The van der Waals surface area contributed by atoms with Crippen LogP contribution in [0.1, 0.15) is 19.8 Å². The van der Waals surface area contributed by atoms with Crippen LogP contribution in [0.3, 0.4) is 0 Å². The van der Waals surface area contributed by atoms with Crippen molar-refractivity contribution < 1.29 is 24.4 Å². The Bertz CT molecular complexity index is 379. The number of hydrogen-bond acceptors (Lipinski definition) is 6. The highest BCUT2D eigenvalue weighted by Gasteiger charge is 2.13. The van der Waals surface area contributed by atoms with E-state index in [2.05, 4.69) is 17.6 Å². The lowest BCUT2D eigenvalue weighted by atomic mass is 10.1. The third kappa shape index (κ3) is 10.7. The monoisotopic (exact) mass is 290 g/mol. The number of primary amides is 1. The van der Waals surface area contributed by atoms with Crippen LogP contribution in [0.25, 0.3) is 0 Å². The van der Waals surface area contributed by atoms with Crippen LogP contribution in [0.15, 0.2) is 12.3 Å². The summed E-state index contributed by atoms with van der Waals surface area (Å²) in [5, 5.41) is 20.5. The highest BCUT2D eigenvalue weighted by Crippen LogP contribution is 1.94. The molecule has 114 valence electrons. The molecule has 0 saturated heterocycles. The largest absolute Gasteiger partial charge is 0.480 e. The molecule has 2 amide bonds. The van der Waals surface area contributed by atoms with E-state index in [1.807, 2.05) is 0 Å². The van der Waals surface area contributed by atoms with Crippen LogP contribution < -0.4 is 16.8 Å². The molecule has 1 unspecified atom stereocenters. The molecule has 10 nitrogen and oxygen atoms in total. The Hall–Kier alpha value is -2.49. The molecular weight excluding hydrogens is 272 g/mol. The average molecular weight is 290 g/mol. The Labute approximate surface area is 115 Å². The van der Waals surface area contributed by atoms with Crippen molar-refractivity contribution in [2.24, 2.45) is 11.5 Å². The predicted molar refractivity (Wildman–Crippen MR) is 68.9 cm³/mol. The molecule has 1 atom stereocenters. The number of carboxylic acids is 1. The van der Waals surface area contributed by atoms with Crippen LogP contribution in [0, 0.1) is 10.1 Å². The van der Waals surface area contributed by atoms with Crippen LogP contribution in [0.2, 0.25) is 0 Å². The molecule has 0 aromatic rings. The molecule has 0 spiro atoms. The zero-order valence-electron chi connectivity index (χ0n) is 11.0. The molecule has 0 saturated carbocycles. The van der Waals surface area contributed by atoms with E-state index < -0.39 is 28.5 Å². The summed E-state index contributed by atoms with van der Waals surface area (Å²) < 4.78 is 0. The summed E-state index contributed by atoms with van der Waals surface area (Å²) in [7, 11) is 0. The van der Waals surface area contributed by atoms with Gasteiger partial charge in [0.25, 0.3) is 0 Å². The van der Waals surface area contributed by atoms with Gasteiger partial charge in [-0.1, -0.05) is 0 Å². The molecule has 0 radical (unpaired) electrons. The van der Waals surface area contributed by atoms with E-state index >= 15 is 0 Å². The van der Waals surface area contributed by atoms with Crippen molar-refractivity contribution in [3.63, 3.8) is 0 Å². The van der Waals surface area contributed by atoms with Crippen LogP contribution in [-0.2, 0) is 14.4 Å². The van der Waals surface area contributed by atoms with Gasteiger partial charge in [0.1, 0.15) is 6.04 Å². The SMILES string of the molecule is C=C(C(N)=O)[N+](=O)[O-].CCNC(=O)CCC(N)C(=O)O. The maximum atomic E-state index is 10.8. The highest BCUT2D eigenvalue weighted by molar-refractivity contribution is 5.88. The van der Waals surface area contributed by atoms with Gasteiger partial charge in [0.2, 0.25) is 5.91 Å². The first-order valence-corrected chi connectivity index (χ1v) is 5.51. The third-order valence-corrected chi connectivity index (χ3v) is 1.88. The van der Waals surface area contributed by atoms with E-state index in [0.717, 1.165) is 0 Å². The molecule has 20 heavy (non-hydrogen) atoms. The fourth-order valence-electron chi connectivity index (χ4n) is 0.786. The number of nitrogens with zero attached hydrogens (tertiary/aromatic N) is 1. The van der Waals surface area contributed by atoms with Crippen molar-refractivity contribution in [1.29, 1.82) is 0 Å². The summed E-state index contributed by atoms with van der Waals surface area (Å²) in [4.78, 5) is 39.5. The number of amides is 2. The number of carboxylic acid groups (broad SMARTS) is 1. The first-order valence-electron chi connectivity index (χ1n) is 5.51. The quantitative estimate of drug-likeness (QED) is 0.252. The molecule has 6 N–H and O–H groups in total.